The Morgan fingerprint density at radius 1 is 1.27 bits per heavy atom. The molecule has 0 atom stereocenters. The molecule has 0 aliphatic carbocycles. The van der Waals surface area contributed by atoms with Crippen LogP contribution in [0.5, 0.6) is 0 Å². The van der Waals surface area contributed by atoms with Crippen LogP contribution in [0, 0.1) is 11.6 Å². The van der Waals surface area contributed by atoms with Crippen LogP contribution in [0.2, 0.25) is 0 Å². The monoisotopic (exact) mass is 303 g/mol. The van der Waals surface area contributed by atoms with Gasteiger partial charge in [-0.05, 0) is 32.0 Å². The highest BCUT2D eigenvalue weighted by Crippen LogP contribution is 2.19. The zero-order chi connectivity index (χ0) is 16.3. The van der Waals surface area contributed by atoms with Gasteiger partial charge in [0, 0.05) is 30.6 Å². The zero-order valence-corrected chi connectivity index (χ0v) is 12.5. The van der Waals surface area contributed by atoms with Crippen LogP contribution in [-0.4, -0.2) is 15.8 Å². The van der Waals surface area contributed by atoms with Crippen molar-refractivity contribution < 1.29 is 13.6 Å². The van der Waals surface area contributed by atoms with E-state index < -0.39 is 11.6 Å². The van der Waals surface area contributed by atoms with E-state index in [4.69, 9.17) is 0 Å². The third-order valence-electron chi connectivity index (χ3n) is 3.28. The van der Waals surface area contributed by atoms with Crippen LogP contribution in [0.4, 0.5) is 8.78 Å². The molecular formula is C16H15F2N3O. The van der Waals surface area contributed by atoms with Gasteiger partial charge in [-0.25, -0.2) is 18.8 Å². The first kappa shape index (κ1) is 15.8. The van der Waals surface area contributed by atoms with Crippen molar-refractivity contribution in [3.05, 3.63) is 58.9 Å². The first-order valence-corrected chi connectivity index (χ1v) is 6.59. The van der Waals surface area contributed by atoms with Gasteiger partial charge in [0.1, 0.15) is 29.2 Å². The quantitative estimate of drug-likeness (QED) is 0.646. The number of benzene rings is 1. The molecule has 1 aromatic carbocycles. The number of nitrogens with zero attached hydrogens (tertiary/aromatic N) is 3. The Kier molecular flexibility index (Phi) is 4.60. The Morgan fingerprint density at radius 3 is 2.64 bits per heavy atom. The van der Waals surface area contributed by atoms with Crippen molar-refractivity contribution >= 4 is 6.29 Å². The minimum absolute atomic E-state index is 0.176. The molecule has 0 spiro atoms. The Balaban J connectivity index is 2.65. The predicted octanol–water partition coefficient (Wildman–Crippen LogP) is 2.76. The van der Waals surface area contributed by atoms with Crippen molar-refractivity contribution in [2.45, 2.75) is 13.8 Å². The summed E-state index contributed by atoms with van der Waals surface area (Å²) < 4.78 is 28.5. The smallest absolute Gasteiger partial charge is 0.147 e. The van der Waals surface area contributed by atoms with Gasteiger partial charge in [-0.3, -0.25) is 4.79 Å². The van der Waals surface area contributed by atoms with E-state index >= 15 is 0 Å². The molecule has 0 unspecified atom stereocenters. The average Bonchev–Trinajstić information content (AvgIpc) is 2.49. The van der Waals surface area contributed by atoms with E-state index in [1.165, 1.54) is 18.3 Å². The van der Waals surface area contributed by atoms with E-state index in [1.54, 1.807) is 31.5 Å². The summed E-state index contributed by atoms with van der Waals surface area (Å²) in [6.45, 7) is 3.37. The van der Waals surface area contributed by atoms with Crippen LogP contribution in [0.15, 0.2) is 46.7 Å². The van der Waals surface area contributed by atoms with Gasteiger partial charge in [-0.15, -0.1) is 0 Å². The lowest BCUT2D eigenvalue weighted by Crippen LogP contribution is -2.20. The maximum absolute atomic E-state index is 13.9. The molecule has 0 aliphatic rings. The highest BCUT2D eigenvalue weighted by Gasteiger charge is 2.10. The SMILES string of the molecule is C/C(C=O)=C(\C)N=c1ccnc(-c2ccc(F)cc2F)n1C. The minimum atomic E-state index is -0.698. The summed E-state index contributed by atoms with van der Waals surface area (Å²) in [5.41, 5.74) is 1.75. The molecule has 6 heteroatoms. The Morgan fingerprint density at radius 2 is 2.00 bits per heavy atom. The molecule has 114 valence electrons. The second-order valence-corrected chi connectivity index (χ2v) is 4.81. The number of aldehydes is 1. The normalized spacial score (nSPS) is 13.0. The summed E-state index contributed by atoms with van der Waals surface area (Å²) in [5, 5.41) is 0. The number of aromatic nitrogens is 2. The second-order valence-electron chi connectivity index (χ2n) is 4.81. The molecule has 2 rings (SSSR count). The minimum Gasteiger partial charge on any atom is -0.314 e. The van der Waals surface area contributed by atoms with Gasteiger partial charge in [-0.2, -0.15) is 0 Å². The van der Waals surface area contributed by atoms with Crippen LogP contribution >= 0.6 is 0 Å². The number of carbonyl (C=O) groups excluding carboxylic acids is 1. The fraction of sp³-hybridized carbons (Fsp3) is 0.188. The van der Waals surface area contributed by atoms with Gasteiger partial charge in [-0.1, -0.05) is 0 Å². The molecular weight excluding hydrogens is 288 g/mol. The standard InChI is InChI=1S/C16H15F2N3O/c1-10(9-22)11(2)20-15-6-7-19-16(21(15)3)13-5-4-12(17)8-14(13)18/h4-9H,1-3H3/b11-10-,20-15?. The molecule has 0 amide bonds. The maximum atomic E-state index is 13.9. The van der Waals surface area contributed by atoms with Crippen molar-refractivity contribution in [3.63, 3.8) is 0 Å². The molecule has 22 heavy (non-hydrogen) atoms. The van der Waals surface area contributed by atoms with E-state index in [-0.39, 0.29) is 5.56 Å². The van der Waals surface area contributed by atoms with Gasteiger partial charge in [0.25, 0.3) is 0 Å². The van der Waals surface area contributed by atoms with Gasteiger partial charge in [0.05, 0.1) is 5.56 Å². The molecule has 2 aromatic rings. The summed E-state index contributed by atoms with van der Waals surface area (Å²) in [5.74, 6) is -1.03. The van der Waals surface area contributed by atoms with Crippen molar-refractivity contribution in [2.24, 2.45) is 12.0 Å². The lowest BCUT2D eigenvalue weighted by molar-refractivity contribution is -0.104. The van der Waals surface area contributed by atoms with Crippen LogP contribution in [0.25, 0.3) is 11.4 Å². The summed E-state index contributed by atoms with van der Waals surface area (Å²) in [4.78, 5) is 19.2. The van der Waals surface area contributed by atoms with Crippen LogP contribution < -0.4 is 5.49 Å². The number of carbonyl (C=O) groups is 1. The van der Waals surface area contributed by atoms with Crippen LogP contribution in [0.1, 0.15) is 13.8 Å². The molecule has 0 fully saturated rings. The number of hydrogen-bond donors (Lipinski definition) is 0. The van der Waals surface area contributed by atoms with Crippen molar-refractivity contribution in [3.8, 4) is 11.4 Å². The molecule has 0 N–H and O–H groups in total. The molecule has 0 saturated carbocycles. The van der Waals surface area contributed by atoms with E-state index in [9.17, 15) is 13.6 Å². The summed E-state index contributed by atoms with van der Waals surface area (Å²) >= 11 is 0. The van der Waals surface area contributed by atoms with E-state index in [0.717, 1.165) is 12.4 Å². The van der Waals surface area contributed by atoms with E-state index in [0.29, 0.717) is 22.6 Å². The Hall–Kier alpha value is -2.63. The van der Waals surface area contributed by atoms with Crippen molar-refractivity contribution in [1.82, 2.24) is 9.55 Å². The first-order valence-electron chi connectivity index (χ1n) is 6.59. The zero-order valence-electron chi connectivity index (χ0n) is 12.5. The number of hydrogen-bond acceptors (Lipinski definition) is 3. The lowest BCUT2D eigenvalue weighted by atomic mass is 10.2. The molecule has 0 bridgehead atoms. The number of rotatable bonds is 3. The molecule has 1 heterocycles. The maximum Gasteiger partial charge on any atom is 0.147 e. The predicted molar refractivity (Wildman–Crippen MR) is 78.6 cm³/mol. The largest absolute Gasteiger partial charge is 0.314 e. The fourth-order valence-electron chi connectivity index (χ4n) is 1.86. The highest BCUT2D eigenvalue weighted by molar-refractivity contribution is 5.73. The first-order chi connectivity index (χ1) is 10.4. The molecule has 0 aliphatic heterocycles. The van der Waals surface area contributed by atoms with Crippen molar-refractivity contribution in [1.29, 1.82) is 0 Å². The fourth-order valence-corrected chi connectivity index (χ4v) is 1.86. The number of halogens is 2. The molecule has 1 aromatic heterocycles. The summed E-state index contributed by atoms with van der Waals surface area (Å²) in [6.07, 6.45) is 2.21. The summed E-state index contributed by atoms with van der Waals surface area (Å²) in [6, 6.07) is 4.96. The average molecular weight is 303 g/mol. The third-order valence-corrected chi connectivity index (χ3v) is 3.28. The van der Waals surface area contributed by atoms with Gasteiger partial charge >= 0.3 is 0 Å². The topological polar surface area (TPSA) is 47.2 Å². The van der Waals surface area contributed by atoms with Gasteiger partial charge in [0.15, 0.2) is 0 Å². The molecule has 0 saturated heterocycles. The second kappa shape index (κ2) is 6.43. The van der Waals surface area contributed by atoms with Crippen molar-refractivity contribution in [2.75, 3.05) is 0 Å². The molecule has 0 radical (unpaired) electrons. The van der Waals surface area contributed by atoms with Gasteiger partial charge < -0.3 is 4.57 Å². The van der Waals surface area contributed by atoms with Crippen LogP contribution in [0.3, 0.4) is 0 Å². The molecule has 4 nitrogen and oxygen atoms in total. The lowest BCUT2D eigenvalue weighted by Gasteiger charge is -2.09. The Bertz CT molecular complexity index is 822. The third kappa shape index (κ3) is 3.16. The van der Waals surface area contributed by atoms with E-state index in [2.05, 4.69) is 9.98 Å². The van der Waals surface area contributed by atoms with E-state index in [1.807, 2.05) is 0 Å². The van der Waals surface area contributed by atoms with Gasteiger partial charge in [0.2, 0.25) is 0 Å². The Labute approximate surface area is 126 Å². The van der Waals surface area contributed by atoms with Crippen LogP contribution in [-0.2, 0) is 11.8 Å². The highest BCUT2D eigenvalue weighted by atomic mass is 19.1. The number of allylic oxidation sites excluding steroid dienone is 2. The summed E-state index contributed by atoms with van der Waals surface area (Å²) in [7, 11) is 1.67.